The van der Waals surface area contributed by atoms with Crippen LogP contribution >= 0.6 is 0 Å². The number of allylic oxidation sites excluding steroid dienone is 6. The van der Waals surface area contributed by atoms with E-state index in [0.29, 0.717) is 12.8 Å². The molecule has 0 aliphatic heterocycles. The van der Waals surface area contributed by atoms with Gasteiger partial charge in [0.1, 0.15) is 6.61 Å². The molecular weight excluding hydrogens is 957 g/mol. The zero-order valence-corrected chi connectivity index (χ0v) is 53.0. The van der Waals surface area contributed by atoms with Crippen LogP contribution in [0.1, 0.15) is 399 Å². The van der Waals surface area contributed by atoms with Crippen molar-refractivity contribution < 1.29 is 24.2 Å². The molecule has 0 bridgehead atoms. The minimum atomic E-state index is -0.770. The lowest BCUT2D eigenvalue weighted by Crippen LogP contribution is -2.28. The average Bonchev–Trinajstić information content (AvgIpc) is 3.44. The number of aliphatic hydroxyl groups is 1. The summed E-state index contributed by atoms with van der Waals surface area (Å²) in [5.74, 6) is -0.568. The number of hydrogen-bond donors (Lipinski definition) is 1. The van der Waals surface area contributed by atoms with Crippen molar-refractivity contribution in [3.63, 3.8) is 0 Å². The first kappa shape index (κ1) is 76.1. The Balaban J connectivity index is 3.36. The highest BCUT2D eigenvalue weighted by Gasteiger charge is 2.16. The van der Waals surface area contributed by atoms with Gasteiger partial charge in [-0.15, -0.1) is 0 Å². The molecule has 1 N–H and O–H groups in total. The summed E-state index contributed by atoms with van der Waals surface area (Å²) in [6.07, 6.45) is 92.0. The summed E-state index contributed by atoms with van der Waals surface area (Å²) in [6, 6.07) is 0. The normalized spacial score (nSPS) is 12.3. The van der Waals surface area contributed by atoms with Gasteiger partial charge in [-0.3, -0.25) is 9.59 Å². The lowest BCUT2D eigenvalue weighted by molar-refractivity contribution is -0.161. The van der Waals surface area contributed by atoms with E-state index >= 15 is 0 Å². The van der Waals surface area contributed by atoms with Crippen molar-refractivity contribution >= 4 is 11.9 Å². The molecule has 0 spiro atoms. The minimum Gasteiger partial charge on any atom is -0.462 e. The van der Waals surface area contributed by atoms with E-state index in [0.717, 1.165) is 44.9 Å². The molecule has 0 saturated carbocycles. The molecule has 1 atom stereocenters. The fraction of sp³-hybridized carbons (Fsp3) is 0.890. The van der Waals surface area contributed by atoms with Crippen LogP contribution in [-0.2, 0) is 19.1 Å². The van der Waals surface area contributed by atoms with Gasteiger partial charge in [-0.25, -0.2) is 0 Å². The van der Waals surface area contributed by atoms with E-state index in [1.807, 2.05) is 0 Å². The average molecular weight is 1100 g/mol. The molecule has 5 heteroatoms. The van der Waals surface area contributed by atoms with E-state index in [9.17, 15) is 14.7 Å². The summed E-state index contributed by atoms with van der Waals surface area (Å²) in [5, 5.41) is 9.69. The third-order valence-electron chi connectivity index (χ3n) is 16.4. The Bertz CT molecular complexity index is 1240. The van der Waals surface area contributed by atoms with Gasteiger partial charge in [-0.2, -0.15) is 0 Å². The number of carbonyl (C=O) groups excluding carboxylic acids is 2. The Hall–Kier alpha value is -1.88. The van der Waals surface area contributed by atoms with Gasteiger partial charge in [0.15, 0.2) is 6.10 Å². The summed E-state index contributed by atoms with van der Waals surface area (Å²) < 4.78 is 10.8. The smallest absolute Gasteiger partial charge is 0.306 e. The number of aliphatic hydroxyl groups excluding tert-OH is 1. The van der Waals surface area contributed by atoms with Crippen molar-refractivity contribution in [3.05, 3.63) is 36.5 Å². The third kappa shape index (κ3) is 66.6. The number of carbonyl (C=O) groups is 2. The zero-order chi connectivity index (χ0) is 56.2. The van der Waals surface area contributed by atoms with E-state index < -0.39 is 6.10 Å². The predicted octanol–water partition coefficient (Wildman–Crippen LogP) is 24.5. The van der Waals surface area contributed by atoms with Crippen LogP contribution in [0, 0.1) is 0 Å². The molecule has 78 heavy (non-hydrogen) atoms. The van der Waals surface area contributed by atoms with Crippen LogP contribution in [0.15, 0.2) is 36.5 Å². The lowest BCUT2D eigenvalue weighted by atomic mass is 10.0. The first-order chi connectivity index (χ1) is 38.6. The van der Waals surface area contributed by atoms with Crippen molar-refractivity contribution in [2.75, 3.05) is 13.2 Å². The topological polar surface area (TPSA) is 72.8 Å². The Morgan fingerprint density at radius 1 is 0.295 bits per heavy atom. The Kier molecular flexibility index (Phi) is 67.7. The lowest BCUT2D eigenvalue weighted by Gasteiger charge is -2.15. The molecule has 0 aliphatic carbocycles. The highest BCUT2D eigenvalue weighted by atomic mass is 16.6. The van der Waals surface area contributed by atoms with E-state index in [-0.39, 0.29) is 25.2 Å². The van der Waals surface area contributed by atoms with Gasteiger partial charge in [0, 0.05) is 12.8 Å². The van der Waals surface area contributed by atoms with E-state index in [1.165, 1.54) is 327 Å². The van der Waals surface area contributed by atoms with Gasteiger partial charge in [0.2, 0.25) is 0 Å². The Morgan fingerprint density at radius 2 is 0.513 bits per heavy atom. The second-order valence-corrected chi connectivity index (χ2v) is 24.3. The molecule has 0 amide bonds. The quantitative estimate of drug-likeness (QED) is 0.0373. The first-order valence-corrected chi connectivity index (χ1v) is 35.5. The van der Waals surface area contributed by atoms with E-state index in [2.05, 4.69) is 50.3 Å². The maximum absolute atomic E-state index is 12.4. The van der Waals surface area contributed by atoms with Crippen molar-refractivity contribution in [2.45, 2.75) is 405 Å². The van der Waals surface area contributed by atoms with Crippen LogP contribution in [0.4, 0.5) is 0 Å². The fourth-order valence-corrected chi connectivity index (χ4v) is 11.1. The largest absolute Gasteiger partial charge is 0.462 e. The molecular formula is C73H138O5. The van der Waals surface area contributed by atoms with Crippen molar-refractivity contribution in [3.8, 4) is 0 Å². The molecule has 0 saturated heterocycles. The van der Waals surface area contributed by atoms with Gasteiger partial charge in [0.25, 0.3) is 0 Å². The predicted molar refractivity (Wildman–Crippen MR) is 344 cm³/mol. The summed E-state index contributed by atoms with van der Waals surface area (Å²) in [7, 11) is 0. The van der Waals surface area contributed by atoms with Crippen LogP contribution in [0.5, 0.6) is 0 Å². The van der Waals surface area contributed by atoms with Gasteiger partial charge in [0.05, 0.1) is 6.61 Å². The highest BCUT2D eigenvalue weighted by Crippen LogP contribution is 2.19. The maximum atomic E-state index is 12.4. The molecule has 0 radical (unpaired) electrons. The van der Waals surface area contributed by atoms with Crippen molar-refractivity contribution in [1.29, 1.82) is 0 Å². The van der Waals surface area contributed by atoms with Gasteiger partial charge >= 0.3 is 11.9 Å². The molecule has 0 aromatic rings. The van der Waals surface area contributed by atoms with E-state index in [1.54, 1.807) is 0 Å². The van der Waals surface area contributed by atoms with Crippen LogP contribution in [0.3, 0.4) is 0 Å². The molecule has 0 heterocycles. The number of ether oxygens (including phenoxy) is 2. The number of esters is 2. The summed E-state index contributed by atoms with van der Waals surface area (Å²) in [5.41, 5.74) is 0. The second kappa shape index (κ2) is 69.4. The fourth-order valence-electron chi connectivity index (χ4n) is 11.1. The Morgan fingerprint density at radius 3 is 0.769 bits per heavy atom. The van der Waals surface area contributed by atoms with Crippen molar-refractivity contribution in [2.24, 2.45) is 0 Å². The SMILES string of the molecule is CCCCCCC/C=C\C/C=C\CCCCCCCCCCCCCCCCCCCCCCCCCCCCCCCC(=O)OC(CO)COC(=O)CCCCCCCCCCCCC/C=C\CCCCCCCCCC. The molecule has 1 unspecified atom stereocenters. The third-order valence-corrected chi connectivity index (χ3v) is 16.4. The molecule has 460 valence electrons. The maximum Gasteiger partial charge on any atom is 0.306 e. The van der Waals surface area contributed by atoms with Gasteiger partial charge in [-0.05, 0) is 70.6 Å². The summed E-state index contributed by atoms with van der Waals surface area (Å²) in [4.78, 5) is 24.6. The summed E-state index contributed by atoms with van der Waals surface area (Å²) in [6.45, 7) is 4.19. The molecule has 0 aromatic carbocycles. The van der Waals surface area contributed by atoms with Gasteiger partial charge in [-0.1, -0.05) is 352 Å². The van der Waals surface area contributed by atoms with Crippen LogP contribution in [0.25, 0.3) is 0 Å². The second-order valence-electron chi connectivity index (χ2n) is 24.3. The van der Waals surface area contributed by atoms with Crippen LogP contribution < -0.4 is 0 Å². The monoisotopic (exact) mass is 1100 g/mol. The first-order valence-electron chi connectivity index (χ1n) is 35.5. The standard InChI is InChI=1S/C73H138O5/c1-3-5-7-9-11-13-15-17-19-21-23-25-27-28-29-30-31-32-33-34-35-36-37-38-39-40-41-42-43-44-46-48-50-52-54-56-58-60-62-64-66-68-73(76)78-71(69-74)70-77-72(75)67-65-63-61-59-57-55-53-51-49-47-45-26-24-22-20-18-16-14-12-10-8-6-4-2/h15,17,21-24,71,74H,3-14,16,18-20,25-70H2,1-2H3/b17-15-,23-21-,24-22-. The number of hydrogen-bond acceptors (Lipinski definition) is 5. The summed E-state index contributed by atoms with van der Waals surface area (Å²) >= 11 is 0. The molecule has 0 fully saturated rings. The highest BCUT2D eigenvalue weighted by molar-refractivity contribution is 5.70. The van der Waals surface area contributed by atoms with Crippen LogP contribution in [0.2, 0.25) is 0 Å². The number of unbranched alkanes of at least 4 members (excludes halogenated alkanes) is 53. The van der Waals surface area contributed by atoms with E-state index in [4.69, 9.17) is 9.47 Å². The van der Waals surface area contributed by atoms with Gasteiger partial charge < -0.3 is 14.6 Å². The minimum absolute atomic E-state index is 0.0600. The molecule has 0 aromatic heterocycles. The number of rotatable bonds is 67. The van der Waals surface area contributed by atoms with Crippen molar-refractivity contribution in [1.82, 2.24) is 0 Å². The zero-order valence-electron chi connectivity index (χ0n) is 53.0. The molecule has 0 aliphatic rings. The molecule has 0 rings (SSSR count). The van der Waals surface area contributed by atoms with Crippen LogP contribution in [-0.4, -0.2) is 36.4 Å². The Labute approximate surface area is 488 Å². The molecule has 5 nitrogen and oxygen atoms in total.